The van der Waals surface area contributed by atoms with E-state index in [1.807, 2.05) is 133 Å². The number of amides is 4. The van der Waals surface area contributed by atoms with Gasteiger partial charge in [0.25, 0.3) is 16.6 Å². The maximum atomic E-state index is 15.6. The van der Waals surface area contributed by atoms with Crippen LogP contribution in [0.2, 0.25) is 10.1 Å². The second-order valence-electron chi connectivity index (χ2n) is 23.0. The Morgan fingerprint density at radius 3 is 1.34 bits per heavy atom. The van der Waals surface area contributed by atoms with Crippen molar-refractivity contribution >= 4 is 72.4 Å². The lowest BCUT2D eigenvalue weighted by Gasteiger charge is -2.48. The molecule has 5 N–H and O–H groups in total. The number of carbonyl (C=O) groups is 4. The number of para-hydroxylation sites is 2. The second-order valence-corrected chi connectivity index (χ2v) is 31.3. The first-order valence-electron chi connectivity index (χ1n) is 26.1. The Labute approximate surface area is 435 Å². The van der Waals surface area contributed by atoms with Gasteiger partial charge >= 0.3 is 0 Å². The van der Waals surface area contributed by atoms with Crippen molar-refractivity contribution in [3.63, 3.8) is 0 Å². The third-order valence-electron chi connectivity index (χ3n) is 18.0. The predicted molar refractivity (Wildman–Crippen MR) is 292 cm³/mol. The number of nitrogens with zero attached hydrogens (tertiary/aromatic N) is 2. The van der Waals surface area contributed by atoms with Crippen LogP contribution < -0.4 is 42.0 Å². The van der Waals surface area contributed by atoms with E-state index in [1.54, 1.807) is 9.80 Å². The van der Waals surface area contributed by atoms with E-state index in [0.29, 0.717) is 12.8 Å². The summed E-state index contributed by atoms with van der Waals surface area (Å²) in [5.41, 5.74) is 1.60. The molecule has 0 bridgehead atoms. The number of hydrogen-bond donors (Lipinski definition) is 5. The number of hydrogen-bond acceptors (Lipinski definition) is 8. The van der Waals surface area contributed by atoms with E-state index in [9.17, 15) is 14.4 Å². The summed E-state index contributed by atoms with van der Waals surface area (Å²) >= 11 is 0. The van der Waals surface area contributed by atoms with Gasteiger partial charge in [-0.2, -0.15) is 0 Å². The fraction of sp³-hybridized carbons (Fsp3) is 0.333. The number of fused-ring (bicyclic) bond motifs is 11. The highest BCUT2D eigenvalue weighted by Crippen LogP contribution is 2.69. The molecule has 6 aliphatic heterocycles. The summed E-state index contributed by atoms with van der Waals surface area (Å²) in [5.74, 6) is -0.938. The zero-order valence-corrected chi connectivity index (χ0v) is 44.5. The number of anilines is 2. The molecule has 6 aliphatic rings. The fourth-order valence-electron chi connectivity index (χ4n) is 14.7. The molecule has 378 valence electrons. The summed E-state index contributed by atoms with van der Waals surface area (Å²) in [7, 11) is -6.55. The van der Waals surface area contributed by atoms with E-state index in [1.165, 1.54) is 0 Å². The lowest BCUT2D eigenvalue weighted by atomic mass is 9.54. The molecule has 0 aliphatic carbocycles. The van der Waals surface area contributed by atoms with Crippen molar-refractivity contribution in [3.8, 4) is 0 Å². The van der Waals surface area contributed by atoms with E-state index in [2.05, 4.69) is 92.3 Å². The summed E-state index contributed by atoms with van der Waals surface area (Å²) in [6.07, 6.45) is -0.148. The van der Waals surface area contributed by atoms with Crippen molar-refractivity contribution in [1.82, 2.24) is 20.4 Å². The van der Waals surface area contributed by atoms with Crippen molar-refractivity contribution < 1.29 is 28.4 Å². The smallest absolute Gasteiger partial charge is 0.261 e. The monoisotopic (exact) mass is 1020 g/mol. The molecule has 8 atom stereocenters. The summed E-state index contributed by atoms with van der Waals surface area (Å²) < 4.78 is 7.33. The third-order valence-corrected chi connectivity index (χ3v) is 27.6. The molecule has 4 fully saturated rings. The van der Waals surface area contributed by atoms with Gasteiger partial charge in [-0.25, -0.2) is 0 Å². The Balaban J connectivity index is 0.906. The highest BCUT2D eigenvalue weighted by molar-refractivity contribution is 6.99. The Hall–Kier alpha value is -6.85. The van der Waals surface area contributed by atoms with Gasteiger partial charge in [0, 0.05) is 11.4 Å². The Kier molecular flexibility index (Phi) is 11.3. The number of nitrogens with one attached hydrogen (secondary N) is 4. The van der Waals surface area contributed by atoms with E-state index in [-0.39, 0.29) is 48.1 Å². The van der Waals surface area contributed by atoms with Gasteiger partial charge in [-0.1, -0.05) is 192 Å². The molecule has 12 nitrogen and oxygen atoms in total. The maximum absolute atomic E-state index is 15.6. The molecule has 0 spiro atoms. The largest absolute Gasteiger partial charge is 0.424 e. The van der Waals surface area contributed by atoms with Gasteiger partial charge in [-0.05, 0) is 79.8 Å². The molecule has 6 heterocycles. The summed E-state index contributed by atoms with van der Waals surface area (Å²) in [6, 6.07) is 52.9. The molecule has 0 saturated carbocycles. The average molecular weight is 1020 g/mol. The highest BCUT2D eigenvalue weighted by atomic mass is 28.4. The minimum atomic E-state index is -3.44. The number of benzene rings is 6. The molecule has 6 aromatic carbocycles. The minimum absolute atomic E-state index is 0.0365. The lowest BCUT2D eigenvalue weighted by molar-refractivity contribution is -0.149. The Morgan fingerprint density at radius 2 is 0.905 bits per heavy atom. The van der Waals surface area contributed by atoms with Gasteiger partial charge in [-0.15, -0.1) is 0 Å². The van der Waals surface area contributed by atoms with Crippen LogP contribution in [-0.4, -0.2) is 98.0 Å². The normalized spacial score (nSPS) is 26.9. The molecular weight excluding hydrogens is 957 g/mol. The first-order valence-corrected chi connectivity index (χ1v) is 30.0. The summed E-state index contributed by atoms with van der Waals surface area (Å²) in [6.45, 7) is 10.7. The van der Waals surface area contributed by atoms with E-state index in [4.69, 9.17) is 4.43 Å². The topological polar surface area (TPSA) is 152 Å². The molecule has 0 radical (unpaired) electrons. The maximum Gasteiger partial charge on any atom is 0.261 e. The van der Waals surface area contributed by atoms with Crippen LogP contribution in [0.4, 0.5) is 11.4 Å². The predicted octanol–water partition coefficient (Wildman–Crippen LogP) is 5.45. The van der Waals surface area contributed by atoms with E-state index >= 15 is 9.59 Å². The van der Waals surface area contributed by atoms with Crippen molar-refractivity contribution in [1.29, 1.82) is 0 Å². The van der Waals surface area contributed by atoms with Gasteiger partial charge in [0.05, 0.1) is 17.4 Å². The van der Waals surface area contributed by atoms with Crippen molar-refractivity contribution in [2.75, 3.05) is 17.2 Å². The van der Waals surface area contributed by atoms with Crippen molar-refractivity contribution in [2.24, 2.45) is 0 Å². The first-order chi connectivity index (χ1) is 35.6. The summed E-state index contributed by atoms with van der Waals surface area (Å²) in [4.78, 5) is 77.7. The zero-order valence-electron chi connectivity index (χ0n) is 42.5. The third kappa shape index (κ3) is 6.69. The van der Waals surface area contributed by atoms with Gasteiger partial charge < -0.3 is 40.3 Å². The zero-order chi connectivity index (χ0) is 51.4. The standard InChI is InChI=1S/C60H64N6O6Si2/c1-57(2,3)74(41-26-14-8-15-27-41,42-28-16-9-17-29-42)72-38-48-54(70)66-50(52(68)62-48)37-60(44-31-19-21-33-46(44)64-56(60)66)59-36-49-51(67)61-47(53(69)65(49)55(59)63-45-32-20-18-30-43(45)59)34-35-58(4,5)73(71,39-22-10-6-11-23-39)40-24-12-7-13-25-40/h6-33,47-50,55-56,63-64,71H,34-38H2,1-5H3,(H,61,67)(H,62,68)/t47-,48-,49-,50-,55+,56+,59?,60-/m0/s1. The van der Waals surface area contributed by atoms with Crippen LogP contribution in [0, 0.1) is 0 Å². The SMILES string of the molecule is CC(C)(CC[C@@H]1NC(=O)[C@@H]2CC3([C@]45C[C@H]6C(=O)N[C@@H](CO[Si](c7ccccc7)(c7ccccc7)C(C)(C)C)C(=O)N6[C@H]4Nc4ccccc45)c4ccccc4N[C@@H]3N2C1=O)[Si](O)(c1ccccc1)c1ccccc1. The highest BCUT2D eigenvalue weighted by Gasteiger charge is 2.78. The molecule has 14 heteroatoms. The van der Waals surface area contributed by atoms with Crippen LogP contribution in [-0.2, 0) is 34.4 Å². The van der Waals surface area contributed by atoms with Crippen LogP contribution in [0.1, 0.15) is 71.4 Å². The van der Waals surface area contributed by atoms with Gasteiger partial charge in [0.15, 0.2) is 0 Å². The van der Waals surface area contributed by atoms with Gasteiger partial charge in [0.2, 0.25) is 23.6 Å². The van der Waals surface area contributed by atoms with Crippen LogP contribution in [0.25, 0.3) is 0 Å². The Morgan fingerprint density at radius 1 is 0.527 bits per heavy atom. The molecule has 1 unspecified atom stereocenters. The molecule has 4 amide bonds. The Bertz CT molecular complexity index is 3100. The van der Waals surface area contributed by atoms with Crippen LogP contribution in [0.5, 0.6) is 0 Å². The quantitative estimate of drug-likeness (QED) is 0.102. The molecule has 0 aromatic heterocycles. The molecule has 4 saturated heterocycles. The number of carbonyl (C=O) groups excluding carboxylic acids is 4. The number of rotatable bonds is 12. The van der Waals surface area contributed by atoms with E-state index < -0.39 is 69.0 Å². The van der Waals surface area contributed by atoms with E-state index in [0.717, 1.165) is 43.2 Å². The summed E-state index contributed by atoms with van der Waals surface area (Å²) in [5, 5.41) is 16.8. The van der Waals surface area contributed by atoms with Gasteiger partial charge in [-0.3, -0.25) is 19.2 Å². The van der Waals surface area contributed by atoms with Crippen molar-refractivity contribution in [3.05, 3.63) is 181 Å². The molecular formula is C60H64N6O6Si2. The van der Waals surface area contributed by atoms with Gasteiger partial charge in [0.1, 0.15) is 36.5 Å². The second kappa shape index (κ2) is 17.4. The number of piperazine rings is 2. The van der Waals surface area contributed by atoms with Crippen LogP contribution >= 0.6 is 0 Å². The van der Waals surface area contributed by atoms with Crippen LogP contribution in [0.3, 0.4) is 0 Å². The minimum Gasteiger partial charge on any atom is -0.424 e. The molecule has 6 aromatic rings. The molecule has 74 heavy (non-hydrogen) atoms. The first kappa shape index (κ1) is 48.1. The van der Waals surface area contributed by atoms with Crippen LogP contribution in [0.15, 0.2) is 170 Å². The van der Waals surface area contributed by atoms with Crippen molar-refractivity contribution in [2.45, 2.75) is 118 Å². The fourth-order valence-corrected chi connectivity index (χ4v) is 23.0. The lowest BCUT2D eigenvalue weighted by Crippen LogP contribution is -2.70. The average Bonchev–Trinajstić information content (AvgIpc) is 4.22. The molecule has 12 rings (SSSR count).